The van der Waals surface area contributed by atoms with Crippen molar-refractivity contribution in [3.8, 4) is 0 Å². The molecule has 0 spiro atoms. The van der Waals surface area contributed by atoms with Crippen molar-refractivity contribution in [3.63, 3.8) is 0 Å². The van der Waals surface area contributed by atoms with Crippen molar-refractivity contribution in [2.45, 2.75) is 38.0 Å². The monoisotopic (exact) mass is 524 g/mol. The molecular formula is C30H32N6O3. The van der Waals surface area contributed by atoms with Gasteiger partial charge in [0.1, 0.15) is 17.4 Å². The SMILES string of the molecule is CCOC(=O)CO/N=C(\c1ccccn1)C1(c2ccc3c(c2)nc(CCc2ccc(C(=N)N)cc2)n3C)CC1. The van der Waals surface area contributed by atoms with Gasteiger partial charge in [0.2, 0.25) is 6.61 Å². The van der Waals surface area contributed by atoms with Crippen LogP contribution in [0.25, 0.3) is 11.0 Å². The van der Waals surface area contributed by atoms with E-state index >= 15 is 0 Å². The summed E-state index contributed by atoms with van der Waals surface area (Å²) in [7, 11) is 2.04. The van der Waals surface area contributed by atoms with Crippen molar-refractivity contribution < 1.29 is 14.4 Å². The summed E-state index contributed by atoms with van der Waals surface area (Å²) in [6, 6.07) is 19.8. The van der Waals surface area contributed by atoms with E-state index in [1.807, 2.05) is 49.5 Å². The number of nitrogens with two attached hydrogens (primary N) is 1. The maximum absolute atomic E-state index is 11.8. The number of carbonyl (C=O) groups excluding carboxylic acids is 1. The molecule has 2 aromatic carbocycles. The number of carbonyl (C=O) groups is 1. The number of esters is 1. The minimum atomic E-state index is -0.455. The van der Waals surface area contributed by atoms with Gasteiger partial charge in [0, 0.05) is 30.6 Å². The smallest absolute Gasteiger partial charge is 0.347 e. The van der Waals surface area contributed by atoms with Gasteiger partial charge in [0.05, 0.1) is 23.3 Å². The molecule has 0 aliphatic heterocycles. The van der Waals surface area contributed by atoms with E-state index in [1.165, 1.54) is 5.56 Å². The highest BCUT2D eigenvalue weighted by atomic mass is 16.7. The lowest BCUT2D eigenvalue weighted by molar-refractivity contribution is -0.148. The van der Waals surface area contributed by atoms with E-state index in [4.69, 9.17) is 25.7 Å². The summed E-state index contributed by atoms with van der Waals surface area (Å²) in [5.74, 6) is 0.616. The van der Waals surface area contributed by atoms with Crippen molar-refractivity contribution in [2.24, 2.45) is 17.9 Å². The number of hydrogen-bond acceptors (Lipinski definition) is 7. The van der Waals surface area contributed by atoms with Gasteiger partial charge in [-0.1, -0.05) is 41.6 Å². The van der Waals surface area contributed by atoms with E-state index in [1.54, 1.807) is 13.1 Å². The first kappa shape index (κ1) is 26.1. The number of aryl methyl sites for hydroxylation is 3. The Morgan fingerprint density at radius 3 is 2.59 bits per heavy atom. The Morgan fingerprint density at radius 2 is 1.92 bits per heavy atom. The number of imidazole rings is 1. The predicted molar refractivity (Wildman–Crippen MR) is 150 cm³/mol. The Bertz CT molecular complexity index is 1520. The molecule has 0 saturated heterocycles. The molecular weight excluding hydrogens is 492 g/mol. The van der Waals surface area contributed by atoms with Crippen LogP contribution in [0.4, 0.5) is 0 Å². The van der Waals surface area contributed by atoms with E-state index in [0.29, 0.717) is 12.3 Å². The van der Waals surface area contributed by atoms with Crippen molar-refractivity contribution in [2.75, 3.05) is 13.2 Å². The molecule has 1 fully saturated rings. The van der Waals surface area contributed by atoms with Crippen LogP contribution in [0, 0.1) is 5.41 Å². The second-order valence-corrected chi connectivity index (χ2v) is 9.72. The quantitative estimate of drug-likeness (QED) is 0.132. The van der Waals surface area contributed by atoms with Crippen LogP contribution in [-0.4, -0.2) is 45.3 Å². The summed E-state index contributed by atoms with van der Waals surface area (Å²) >= 11 is 0. The van der Waals surface area contributed by atoms with E-state index in [-0.39, 0.29) is 17.9 Å². The van der Waals surface area contributed by atoms with Crippen LogP contribution in [0.3, 0.4) is 0 Å². The number of benzene rings is 2. The lowest BCUT2D eigenvalue weighted by Gasteiger charge is -2.18. The lowest BCUT2D eigenvalue weighted by Crippen LogP contribution is -2.24. The highest BCUT2D eigenvalue weighted by Crippen LogP contribution is 2.51. The van der Waals surface area contributed by atoms with Gasteiger partial charge < -0.3 is 19.9 Å². The molecule has 0 radical (unpaired) electrons. The minimum absolute atomic E-state index is 0.0722. The molecule has 2 aromatic heterocycles. The van der Waals surface area contributed by atoms with Gasteiger partial charge in [-0.3, -0.25) is 10.4 Å². The molecule has 9 heteroatoms. The van der Waals surface area contributed by atoms with Crippen LogP contribution >= 0.6 is 0 Å². The first-order chi connectivity index (χ1) is 18.9. The zero-order valence-electron chi connectivity index (χ0n) is 22.2. The molecule has 1 aliphatic carbocycles. The van der Waals surface area contributed by atoms with E-state index in [9.17, 15) is 4.79 Å². The van der Waals surface area contributed by atoms with Crippen LogP contribution in [-0.2, 0) is 39.7 Å². The molecule has 0 amide bonds. The average molecular weight is 525 g/mol. The lowest BCUT2D eigenvalue weighted by atomic mass is 9.88. The van der Waals surface area contributed by atoms with Crippen LogP contribution < -0.4 is 5.73 Å². The molecule has 5 rings (SSSR count). The van der Waals surface area contributed by atoms with Gasteiger partial charge in [-0.15, -0.1) is 0 Å². The third-order valence-electron chi connectivity index (χ3n) is 7.18. The Morgan fingerprint density at radius 1 is 1.13 bits per heavy atom. The number of oxime groups is 1. The molecule has 39 heavy (non-hydrogen) atoms. The molecule has 200 valence electrons. The van der Waals surface area contributed by atoms with E-state index < -0.39 is 5.97 Å². The van der Waals surface area contributed by atoms with Crippen LogP contribution in [0.1, 0.15) is 48.0 Å². The summed E-state index contributed by atoms with van der Waals surface area (Å²) in [4.78, 5) is 26.8. The van der Waals surface area contributed by atoms with Crippen molar-refractivity contribution in [3.05, 3.63) is 95.1 Å². The molecule has 1 aliphatic rings. The number of hydrogen-bond donors (Lipinski definition) is 2. The Balaban J connectivity index is 1.40. The molecule has 0 atom stereocenters. The molecule has 4 aromatic rings. The largest absolute Gasteiger partial charge is 0.463 e. The molecule has 0 unspecified atom stereocenters. The number of amidine groups is 1. The standard InChI is InChI=1S/C30H32N6O3/c1-3-38-27(37)19-39-35-28(23-6-4-5-17-33-23)30(15-16-30)22-12-13-25-24(18-22)34-26(36(25)2)14-9-20-7-10-21(11-8-20)29(31)32/h4-8,10-13,17-18H,3,9,14-16,19H2,1-2H3,(H3,31,32)/b35-28+. The summed E-state index contributed by atoms with van der Waals surface area (Å²) in [6.45, 7) is 1.80. The number of pyridine rings is 1. The summed E-state index contributed by atoms with van der Waals surface area (Å²) in [5, 5.41) is 12.0. The van der Waals surface area contributed by atoms with Crippen molar-refractivity contribution >= 4 is 28.6 Å². The maximum Gasteiger partial charge on any atom is 0.347 e. The highest BCUT2D eigenvalue weighted by Gasteiger charge is 2.50. The van der Waals surface area contributed by atoms with Gasteiger partial charge in [-0.25, -0.2) is 9.78 Å². The second-order valence-electron chi connectivity index (χ2n) is 9.72. The average Bonchev–Trinajstić information content (AvgIpc) is 3.69. The van der Waals surface area contributed by atoms with Gasteiger partial charge >= 0.3 is 5.97 Å². The third kappa shape index (κ3) is 5.52. The zero-order valence-corrected chi connectivity index (χ0v) is 22.2. The Hall–Kier alpha value is -4.53. The van der Waals surface area contributed by atoms with Crippen LogP contribution in [0.15, 0.2) is 72.0 Å². The fourth-order valence-corrected chi connectivity index (χ4v) is 4.90. The molecule has 0 bridgehead atoms. The van der Waals surface area contributed by atoms with Crippen LogP contribution in [0.2, 0.25) is 0 Å². The summed E-state index contributed by atoms with van der Waals surface area (Å²) in [5.41, 5.74) is 11.6. The molecule has 1 saturated carbocycles. The molecule has 2 heterocycles. The second kappa shape index (κ2) is 11.1. The number of fused-ring (bicyclic) bond motifs is 1. The number of nitrogens with one attached hydrogen (secondary N) is 1. The highest BCUT2D eigenvalue weighted by molar-refractivity contribution is 6.08. The third-order valence-corrected chi connectivity index (χ3v) is 7.18. The normalized spacial score (nSPS) is 14.3. The summed E-state index contributed by atoms with van der Waals surface area (Å²) in [6.07, 6.45) is 5.14. The van der Waals surface area contributed by atoms with Gasteiger partial charge in [-0.05, 0) is 61.6 Å². The minimum Gasteiger partial charge on any atom is -0.463 e. The topological polar surface area (TPSA) is 128 Å². The van der Waals surface area contributed by atoms with Gasteiger partial charge in [-0.2, -0.15) is 0 Å². The van der Waals surface area contributed by atoms with Gasteiger partial charge in [0.25, 0.3) is 0 Å². The molecule has 3 N–H and O–H groups in total. The van der Waals surface area contributed by atoms with E-state index in [0.717, 1.165) is 59.4 Å². The first-order valence-electron chi connectivity index (χ1n) is 13.1. The van der Waals surface area contributed by atoms with Crippen molar-refractivity contribution in [1.29, 1.82) is 5.41 Å². The first-order valence-corrected chi connectivity index (χ1v) is 13.1. The zero-order chi connectivity index (χ0) is 27.4. The number of aromatic nitrogens is 3. The van der Waals surface area contributed by atoms with Crippen LogP contribution in [0.5, 0.6) is 0 Å². The number of ether oxygens (including phenoxy) is 1. The Labute approximate surface area is 227 Å². The van der Waals surface area contributed by atoms with E-state index in [2.05, 4.69) is 32.9 Å². The van der Waals surface area contributed by atoms with Crippen molar-refractivity contribution in [1.82, 2.24) is 14.5 Å². The van der Waals surface area contributed by atoms with Gasteiger partial charge in [0.15, 0.2) is 0 Å². The summed E-state index contributed by atoms with van der Waals surface area (Å²) < 4.78 is 7.10. The predicted octanol–water partition coefficient (Wildman–Crippen LogP) is 4.05. The fourth-order valence-electron chi connectivity index (χ4n) is 4.90. The number of nitrogen functional groups attached to an aromatic ring is 1. The maximum atomic E-state index is 11.8. The number of nitrogens with zero attached hydrogens (tertiary/aromatic N) is 4. The Kier molecular flexibility index (Phi) is 7.40. The molecule has 9 nitrogen and oxygen atoms in total. The number of rotatable bonds is 11. The fraction of sp³-hybridized carbons (Fsp3) is 0.300.